The molecule has 1 aromatic carbocycles. The van der Waals surface area contributed by atoms with Crippen molar-refractivity contribution in [3.63, 3.8) is 0 Å². The minimum atomic E-state index is -0.744. The number of hydrogen-bond acceptors (Lipinski definition) is 4. The van der Waals surface area contributed by atoms with E-state index in [-0.39, 0.29) is 0 Å². The molecule has 0 fully saturated rings. The van der Waals surface area contributed by atoms with E-state index in [0.717, 1.165) is 11.2 Å². The molecule has 0 heterocycles. The molecule has 0 amide bonds. The molecule has 0 unspecified atom stereocenters. The molecule has 84 valence electrons. The standard InChI is InChI=1S/C10H16NO2PS/c1-11-9-4-6-10(7-5-9)15-8-14(12-2)13-3/h4-7,11H,8H2,1-3H3. The van der Waals surface area contributed by atoms with Crippen molar-refractivity contribution in [2.45, 2.75) is 4.90 Å². The minimum absolute atomic E-state index is 0.744. The second kappa shape index (κ2) is 7.07. The van der Waals surface area contributed by atoms with Crippen LogP contribution in [0.25, 0.3) is 0 Å². The molecule has 1 N–H and O–H groups in total. The molecule has 0 saturated heterocycles. The van der Waals surface area contributed by atoms with E-state index in [1.165, 1.54) is 4.90 Å². The first-order valence-electron chi connectivity index (χ1n) is 4.56. The molecule has 15 heavy (non-hydrogen) atoms. The van der Waals surface area contributed by atoms with Gasteiger partial charge in [0.2, 0.25) is 0 Å². The normalized spacial score (nSPS) is 10.7. The molecule has 0 saturated carbocycles. The summed E-state index contributed by atoms with van der Waals surface area (Å²) in [6, 6.07) is 8.30. The van der Waals surface area contributed by atoms with Crippen LogP contribution in [0.4, 0.5) is 5.69 Å². The molecule has 3 nitrogen and oxygen atoms in total. The molecule has 0 aliphatic rings. The highest BCUT2D eigenvalue weighted by Crippen LogP contribution is 2.41. The lowest BCUT2D eigenvalue weighted by Crippen LogP contribution is -1.87. The van der Waals surface area contributed by atoms with Crippen molar-refractivity contribution in [2.24, 2.45) is 0 Å². The maximum atomic E-state index is 5.18. The van der Waals surface area contributed by atoms with Gasteiger partial charge < -0.3 is 14.4 Å². The molecule has 0 aromatic heterocycles. The van der Waals surface area contributed by atoms with Gasteiger partial charge >= 0.3 is 0 Å². The van der Waals surface area contributed by atoms with Crippen LogP contribution in [0.2, 0.25) is 0 Å². The van der Waals surface area contributed by atoms with Crippen LogP contribution < -0.4 is 5.32 Å². The van der Waals surface area contributed by atoms with Gasteiger partial charge in [0, 0.05) is 31.9 Å². The van der Waals surface area contributed by atoms with Gasteiger partial charge in [-0.05, 0) is 24.3 Å². The van der Waals surface area contributed by atoms with E-state index in [9.17, 15) is 0 Å². The molecular weight excluding hydrogens is 229 g/mol. The Kier molecular flexibility index (Phi) is 6.03. The van der Waals surface area contributed by atoms with Gasteiger partial charge in [-0.15, -0.1) is 11.8 Å². The van der Waals surface area contributed by atoms with E-state index in [4.69, 9.17) is 9.05 Å². The van der Waals surface area contributed by atoms with Gasteiger partial charge in [0.15, 0.2) is 8.38 Å². The molecule has 0 spiro atoms. The maximum absolute atomic E-state index is 5.18. The van der Waals surface area contributed by atoms with Crippen LogP contribution in [0.5, 0.6) is 0 Å². The molecule has 1 rings (SSSR count). The number of benzene rings is 1. The fraction of sp³-hybridized carbons (Fsp3) is 0.400. The molecule has 0 atom stereocenters. The fourth-order valence-corrected chi connectivity index (χ4v) is 3.36. The summed E-state index contributed by atoms with van der Waals surface area (Å²) < 4.78 is 10.4. The Labute approximate surface area is 96.5 Å². The SMILES string of the molecule is CNc1ccc(SCP(OC)OC)cc1. The first kappa shape index (κ1) is 12.8. The van der Waals surface area contributed by atoms with E-state index in [2.05, 4.69) is 29.6 Å². The molecule has 0 radical (unpaired) electrons. The molecular formula is C10H16NO2PS. The number of nitrogens with one attached hydrogen (secondary N) is 1. The highest BCUT2D eigenvalue weighted by molar-refractivity contribution is 8.04. The lowest BCUT2D eigenvalue weighted by Gasteiger charge is -2.11. The van der Waals surface area contributed by atoms with Crippen molar-refractivity contribution in [3.8, 4) is 0 Å². The summed E-state index contributed by atoms with van der Waals surface area (Å²) in [5.41, 5.74) is 1.99. The number of hydrogen-bond donors (Lipinski definition) is 1. The predicted molar refractivity (Wildman–Crippen MR) is 67.7 cm³/mol. The summed E-state index contributed by atoms with van der Waals surface area (Å²) in [5, 5.41) is 3.09. The summed E-state index contributed by atoms with van der Waals surface area (Å²) in [5.74, 6) is 0. The molecule has 1 aromatic rings. The van der Waals surface area contributed by atoms with Gasteiger partial charge in [-0.3, -0.25) is 0 Å². The van der Waals surface area contributed by atoms with E-state index >= 15 is 0 Å². The summed E-state index contributed by atoms with van der Waals surface area (Å²) in [6.07, 6.45) is 0. The minimum Gasteiger partial charge on any atom is -0.388 e. The fourth-order valence-electron chi connectivity index (χ4n) is 1.03. The Morgan fingerprint density at radius 3 is 2.27 bits per heavy atom. The van der Waals surface area contributed by atoms with Gasteiger partial charge in [-0.1, -0.05) is 0 Å². The Hall–Kier alpha value is -0.280. The quantitative estimate of drug-likeness (QED) is 0.614. The Morgan fingerprint density at radius 1 is 1.20 bits per heavy atom. The van der Waals surface area contributed by atoms with Crippen LogP contribution >= 0.6 is 20.1 Å². The van der Waals surface area contributed by atoms with Crippen LogP contribution in [0.15, 0.2) is 29.2 Å². The summed E-state index contributed by atoms with van der Waals surface area (Å²) in [7, 11) is 4.53. The first-order chi connectivity index (χ1) is 7.30. The smallest absolute Gasteiger partial charge is 0.180 e. The summed E-state index contributed by atoms with van der Waals surface area (Å²) in [6.45, 7) is 0. The number of thioether (sulfide) groups is 1. The zero-order valence-electron chi connectivity index (χ0n) is 9.19. The summed E-state index contributed by atoms with van der Waals surface area (Å²) >= 11 is 1.75. The third-order valence-corrected chi connectivity index (χ3v) is 4.67. The van der Waals surface area contributed by atoms with Crippen LogP contribution in [0.1, 0.15) is 0 Å². The lowest BCUT2D eigenvalue weighted by atomic mass is 10.3. The van der Waals surface area contributed by atoms with Crippen LogP contribution in [-0.4, -0.2) is 26.8 Å². The van der Waals surface area contributed by atoms with E-state index in [1.807, 2.05) is 7.05 Å². The third kappa shape index (κ3) is 4.39. The van der Waals surface area contributed by atoms with Gasteiger partial charge in [-0.2, -0.15) is 0 Å². The molecule has 5 heteroatoms. The van der Waals surface area contributed by atoms with Crippen molar-refractivity contribution in [1.29, 1.82) is 0 Å². The summed E-state index contributed by atoms with van der Waals surface area (Å²) in [4.78, 5) is 1.23. The van der Waals surface area contributed by atoms with Gasteiger partial charge in [-0.25, -0.2) is 0 Å². The zero-order chi connectivity index (χ0) is 11.1. The van der Waals surface area contributed by atoms with Crippen molar-refractivity contribution in [3.05, 3.63) is 24.3 Å². The van der Waals surface area contributed by atoms with Gasteiger partial charge in [0.25, 0.3) is 0 Å². The van der Waals surface area contributed by atoms with E-state index in [1.54, 1.807) is 26.0 Å². The maximum Gasteiger partial charge on any atom is 0.180 e. The monoisotopic (exact) mass is 245 g/mol. The second-order valence-electron chi connectivity index (χ2n) is 2.75. The highest BCUT2D eigenvalue weighted by Gasteiger charge is 2.06. The van der Waals surface area contributed by atoms with Gasteiger partial charge in [0.1, 0.15) is 0 Å². The predicted octanol–water partition coefficient (Wildman–Crippen LogP) is 3.38. The van der Waals surface area contributed by atoms with Crippen molar-refractivity contribution in [2.75, 3.05) is 32.1 Å². The highest BCUT2D eigenvalue weighted by atomic mass is 32.2. The third-order valence-electron chi connectivity index (χ3n) is 1.89. The molecule has 0 bridgehead atoms. The van der Waals surface area contributed by atoms with Crippen LogP contribution in [-0.2, 0) is 9.05 Å². The second-order valence-corrected chi connectivity index (χ2v) is 5.93. The zero-order valence-corrected chi connectivity index (χ0v) is 10.9. The Morgan fingerprint density at radius 2 is 1.80 bits per heavy atom. The first-order valence-corrected chi connectivity index (χ1v) is 6.91. The average molecular weight is 245 g/mol. The Balaban J connectivity index is 2.43. The lowest BCUT2D eigenvalue weighted by molar-refractivity contribution is 0.344. The largest absolute Gasteiger partial charge is 0.388 e. The van der Waals surface area contributed by atoms with Crippen molar-refractivity contribution in [1.82, 2.24) is 0 Å². The molecule has 0 aliphatic carbocycles. The number of anilines is 1. The molecule has 0 aliphatic heterocycles. The van der Waals surface area contributed by atoms with Crippen LogP contribution in [0.3, 0.4) is 0 Å². The average Bonchev–Trinajstić information content (AvgIpc) is 2.31. The van der Waals surface area contributed by atoms with E-state index < -0.39 is 8.38 Å². The Bertz CT molecular complexity index is 277. The number of rotatable bonds is 6. The van der Waals surface area contributed by atoms with Gasteiger partial charge in [0.05, 0.1) is 5.49 Å². The van der Waals surface area contributed by atoms with Crippen molar-refractivity contribution < 1.29 is 9.05 Å². The van der Waals surface area contributed by atoms with E-state index in [0.29, 0.717) is 0 Å². The van der Waals surface area contributed by atoms with Crippen LogP contribution in [0, 0.1) is 0 Å². The topological polar surface area (TPSA) is 30.5 Å². The van der Waals surface area contributed by atoms with Crippen molar-refractivity contribution >= 4 is 25.8 Å².